The Morgan fingerprint density at radius 2 is 1.86 bits per heavy atom. The molecular formula is C12H15FN2O5S. The molecule has 1 aliphatic heterocycles. The van der Waals surface area contributed by atoms with Crippen molar-refractivity contribution in [1.82, 2.24) is 4.90 Å². The SMILES string of the molecule is O=[N+]([O-])c1ccc([C@H](CS(=O)(=O)F)N2CCOCC2)cc1. The lowest BCUT2D eigenvalue weighted by Gasteiger charge is -2.33. The highest BCUT2D eigenvalue weighted by Crippen LogP contribution is 2.26. The van der Waals surface area contributed by atoms with Crippen LogP contribution in [0.5, 0.6) is 0 Å². The minimum absolute atomic E-state index is 0.0948. The molecule has 0 saturated carbocycles. The van der Waals surface area contributed by atoms with Crippen LogP contribution in [0.2, 0.25) is 0 Å². The number of nitrogens with zero attached hydrogens (tertiary/aromatic N) is 2. The van der Waals surface area contributed by atoms with Gasteiger partial charge in [0.15, 0.2) is 0 Å². The first kappa shape index (κ1) is 15.8. The molecule has 0 spiro atoms. The zero-order valence-corrected chi connectivity index (χ0v) is 12.0. The quantitative estimate of drug-likeness (QED) is 0.461. The molecule has 2 rings (SSSR count). The third-order valence-electron chi connectivity index (χ3n) is 3.33. The molecule has 7 nitrogen and oxygen atoms in total. The van der Waals surface area contributed by atoms with Crippen LogP contribution in [0.15, 0.2) is 24.3 Å². The van der Waals surface area contributed by atoms with Gasteiger partial charge in [0.05, 0.1) is 29.9 Å². The van der Waals surface area contributed by atoms with Crippen LogP contribution in [0.1, 0.15) is 11.6 Å². The number of benzene rings is 1. The van der Waals surface area contributed by atoms with Crippen molar-refractivity contribution in [3.8, 4) is 0 Å². The lowest BCUT2D eigenvalue weighted by molar-refractivity contribution is -0.384. The van der Waals surface area contributed by atoms with Gasteiger partial charge in [-0.3, -0.25) is 15.0 Å². The average molecular weight is 318 g/mol. The zero-order chi connectivity index (χ0) is 15.5. The molecule has 0 N–H and O–H groups in total. The second kappa shape index (κ2) is 6.46. The highest BCUT2D eigenvalue weighted by Gasteiger charge is 2.28. The normalized spacial score (nSPS) is 18.3. The van der Waals surface area contributed by atoms with Crippen molar-refractivity contribution < 1.29 is 22.0 Å². The number of hydrogen-bond donors (Lipinski definition) is 0. The maximum absolute atomic E-state index is 13.1. The van der Waals surface area contributed by atoms with Crippen molar-refractivity contribution in [2.75, 3.05) is 32.1 Å². The fraction of sp³-hybridized carbons (Fsp3) is 0.500. The van der Waals surface area contributed by atoms with Crippen molar-refractivity contribution in [1.29, 1.82) is 0 Å². The number of morpholine rings is 1. The summed E-state index contributed by atoms with van der Waals surface area (Å²) < 4.78 is 40.3. The first-order chi connectivity index (χ1) is 9.87. The highest BCUT2D eigenvalue weighted by atomic mass is 32.3. The van der Waals surface area contributed by atoms with Crippen molar-refractivity contribution in [3.63, 3.8) is 0 Å². The molecule has 0 radical (unpaired) electrons. The fourth-order valence-corrected chi connectivity index (χ4v) is 3.09. The molecule has 1 aromatic carbocycles. The Kier molecular flexibility index (Phi) is 4.86. The largest absolute Gasteiger partial charge is 0.379 e. The van der Waals surface area contributed by atoms with E-state index in [9.17, 15) is 22.4 Å². The lowest BCUT2D eigenvalue weighted by Crippen LogP contribution is -2.41. The second-order valence-corrected chi connectivity index (χ2v) is 6.13. The summed E-state index contributed by atoms with van der Waals surface area (Å²) in [5.74, 6) is -0.676. The van der Waals surface area contributed by atoms with Gasteiger partial charge in [-0.1, -0.05) is 12.1 Å². The minimum atomic E-state index is -4.66. The summed E-state index contributed by atoms with van der Waals surface area (Å²) >= 11 is 0. The summed E-state index contributed by atoms with van der Waals surface area (Å²) in [6.45, 7) is 1.85. The molecule has 1 fully saturated rings. The summed E-state index contributed by atoms with van der Waals surface area (Å²) in [4.78, 5) is 11.9. The Balaban J connectivity index is 2.27. The average Bonchev–Trinajstić information content (AvgIpc) is 2.45. The van der Waals surface area contributed by atoms with Crippen LogP contribution in [0.4, 0.5) is 9.57 Å². The Hall–Kier alpha value is -1.58. The van der Waals surface area contributed by atoms with E-state index in [1.165, 1.54) is 24.3 Å². The molecule has 1 aliphatic rings. The third-order valence-corrected chi connectivity index (χ3v) is 4.05. The number of nitro groups is 1. The van der Waals surface area contributed by atoms with E-state index in [2.05, 4.69) is 0 Å². The summed E-state index contributed by atoms with van der Waals surface area (Å²) in [5, 5.41) is 10.6. The number of non-ortho nitro benzene ring substituents is 1. The van der Waals surface area contributed by atoms with Crippen LogP contribution in [-0.4, -0.2) is 50.3 Å². The molecule has 116 valence electrons. The summed E-state index contributed by atoms with van der Waals surface area (Å²) in [6.07, 6.45) is 0. The van der Waals surface area contributed by atoms with E-state index in [0.717, 1.165) is 0 Å². The van der Waals surface area contributed by atoms with Gasteiger partial charge in [0, 0.05) is 25.2 Å². The third kappa shape index (κ3) is 4.45. The van der Waals surface area contributed by atoms with E-state index >= 15 is 0 Å². The first-order valence-electron chi connectivity index (χ1n) is 6.35. The van der Waals surface area contributed by atoms with Crippen LogP contribution in [-0.2, 0) is 15.0 Å². The lowest BCUT2D eigenvalue weighted by atomic mass is 10.1. The van der Waals surface area contributed by atoms with Gasteiger partial charge < -0.3 is 4.74 Å². The van der Waals surface area contributed by atoms with Gasteiger partial charge in [0.2, 0.25) is 0 Å². The molecule has 1 heterocycles. The van der Waals surface area contributed by atoms with Crippen molar-refractivity contribution in [2.45, 2.75) is 6.04 Å². The molecule has 0 aromatic heterocycles. The van der Waals surface area contributed by atoms with E-state index in [0.29, 0.717) is 31.9 Å². The molecular weight excluding hydrogens is 303 g/mol. The molecule has 0 amide bonds. The summed E-state index contributed by atoms with van der Waals surface area (Å²) in [5.41, 5.74) is 0.436. The Bertz CT molecular complexity index is 599. The van der Waals surface area contributed by atoms with E-state index < -0.39 is 26.9 Å². The number of halogens is 1. The molecule has 0 unspecified atom stereocenters. The predicted molar refractivity (Wildman–Crippen MR) is 73.1 cm³/mol. The summed E-state index contributed by atoms with van der Waals surface area (Å²) in [6, 6.07) is 4.82. The van der Waals surface area contributed by atoms with Crippen LogP contribution >= 0.6 is 0 Å². The maximum atomic E-state index is 13.1. The molecule has 1 atom stereocenters. The molecule has 1 saturated heterocycles. The Labute approximate surface area is 121 Å². The van der Waals surface area contributed by atoms with Crippen molar-refractivity contribution in [3.05, 3.63) is 39.9 Å². The van der Waals surface area contributed by atoms with E-state index in [1.54, 1.807) is 0 Å². The number of nitro benzene ring substituents is 1. The smallest absolute Gasteiger partial charge is 0.304 e. The van der Waals surface area contributed by atoms with E-state index in [-0.39, 0.29) is 5.69 Å². The van der Waals surface area contributed by atoms with E-state index in [1.807, 2.05) is 4.90 Å². The van der Waals surface area contributed by atoms with Crippen LogP contribution in [0.3, 0.4) is 0 Å². The van der Waals surface area contributed by atoms with Gasteiger partial charge in [-0.05, 0) is 5.56 Å². The standard InChI is InChI=1S/C12H15FN2O5S/c13-21(18,19)9-12(14-5-7-20-8-6-14)10-1-3-11(4-2-10)15(16)17/h1-4,12H,5-9H2/t12-/m0/s1. The van der Waals surface area contributed by atoms with Gasteiger partial charge >= 0.3 is 10.2 Å². The second-order valence-electron chi connectivity index (χ2n) is 4.72. The number of ether oxygens (including phenoxy) is 1. The van der Waals surface area contributed by atoms with E-state index in [4.69, 9.17) is 4.74 Å². The zero-order valence-electron chi connectivity index (χ0n) is 11.1. The summed E-state index contributed by atoms with van der Waals surface area (Å²) in [7, 11) is -4.66. The van der Waals surface area contributed by atoms with Crippen LogP contribution < -0.4 is 0 Å². The predicted octanol–water partition coefficient (Wildman–Crippen LogP) is 1.27. The van der Waals surface area contributed by atoms with Crippen LogP contribution in [0.25, 0.3) is 0 Å². The fourth-order valence-electron chi connectivity index (χ4n) is 2.31. The molecule has 0 aliphatic carbocycles. The van der Waals surface area contributed by atoms with Gasteiger partial charge in [0.1, 0.15) is 0 Å². The van der Waals surface area contributed by atoms with Crippen molar-refractivity contribution in [2.24, 2.45) is 0 Å². The van der Waals surface area contributed by atoms with Crippen molar-refractivity contribution >= 4 is 15.9 Å². The minimum Gasteiger partial charge on any atom is -0.379 e. The number of rotatable bonds is 5. The monoisotopic (exact) mass is 318 g/mol. The Morgan fingerprint density at radius 1 is 1.29 bits per heavy atom. The molecule has 0 bridgehead atoms. The molecule has 9 heteroatoms. The molecule has 1 aromatic rings. The first-order valence-corrected chi connectivity index (χ1v) is 7.90. The van der Waals surface area contributed by atoms with Gasteiger partial charge in [-0.15, -0.1) is 3.89 Å². The highest BCUT2D eigenvalue weighted by molar-refractivity contribution is 7.86. The van der Waals surface area contributed by atoms with Gasteiger partial charge in [-0.2, -0.15) is 8.42 Å². The molecule has 21 heavy (non-hydrogen) atoms. The number of hydrogen-bond acceptors (Lipinski definition) is 6. The Morgan fingerprint density at radius 3 is 2.33 bits per heavy atom. The maximum Gasteiger partial charge on any atom is 0.304 e. The van der Waals surface area contributed by atoms with Gasteiger partial charge in [-0.25, -0.2) is 0 Å². The van der Waals surface area contributed by atoms with Crippen LogP contribution in [0, 0.1) is 10.1 Å². The topological polar surface area (TPSA) is 89.8 Å². The van der Waals surface area contributed by atoms with Gasteiger partial charge in [0.25, 0.3) is 5.69 Å².